The van der Waals surface area contributed by atoms with Crippen molar-refractivity contribution in [2.75, 3.05) is 16.8 Å². The fraction of sp³-hybridized carbons (Fsp3) is 0.227. The Morgan fingerprint density at radius 3 is 2.46 bits per heavy atom. The van der Waals surface area contributed by atoms with Crippen molar-refractivity contribution in [3.05, 3.63) is 60.8 Å². The summed E-state index contributed by atoms with van der Waals surface area (Å²) in [5.41, 5.74) is 1.94. The Morgan fingerprint density at radius 2 is 1.79 bits per heavy atom. The topological polar surface area (TPSA) is 71.5 Å². The van der Waals surface area contributed by atoms with Crippen LogP contribution in [-0.4, -0.2) is 29.4 Å². The molecule has 0 saturated carbocycles. The van der Waals surface area contributed by atoms with Gasteiger partial charge in [0.15, 0.2) is 0 Å². The van der Waals surface area contributed by atoms with Crippen LogP contribution < -0.4 is 15.0 Å². The molecule has 2 aromatic carbocycles. The molecule has 2 amide bonds. The molecule has 0 radical (unpaired) electrons. The number of benzene rings is 2. The quantitative estimate of drug-likeness (QED) is 0.704. The largest absolute Gasteiger partial charge is 0.491 e. The highest BCUT2D eigenvalue weighted by molar-refractivity contribution is 6.06. The minimum absolute atomic E-state index is 0.0823. The molecule has 3 aromatic rings. The summed E-state index contributed by atoms with van der Waals surface area (Å²) in [4.78, 5) is 30.6. The van der Waals surface area contributed by atoms with Crippen LogP contribution in [0, 0.1) is 0 Å². The van der Waals surface area contributed by atoms with Crippen molar-refractivity contribution in [1.82, 2.24) is 4.98 Å². The van der Waals surface area contributed by atoms with Gasteiger partial charge >= 0.3 is 0 Å². The zero-order valence-electron chi connectivity index (χ0n) is 16.2. The number of nitrogens with zero attached hydrogens (tertiary/aromatic N) is 2. The highest BCUT2D eigenvalue weighted by atomic mass is 16.5. The molecule has 0 fully saturated rings. The zero-order chi connectivity index (χ0) is 20.1. The summed E-state index contributed by atoms with van der Waals surface area (Å²) in [6.45, 7) is 5.24. The molecule has 0 atom stereocenters. The van der Waals surface area contributed by atoms with Crippen LogP contribution in [0.2, 0.25) is 0 Å². The summed E-state index contributed by atoms with van der Waals surface area (Å²) in [7, 11) is 0. The zero-order valence-corrected chi connectivity index (χ0v) is 16.2. The molecule has 0 aliphatic heterocycles. The average molecular weight is 377 g/mol. The lowest BCUT2D eigenvalue weighted by Crippen LogP contribution is -2.36. The van der Waals surface area contributed by atoms with Gasteiger partial charge < -0.3 is 15.0 Å². The van der Waals surface area contributed by atoms with E-state index >= 15 is 0 Å². The Hall–Kier alpha value is -3.41. The minimum Gasteiger partial charge on any atom is -0.491 e. The van der Waals surface area contributed by atoms with Gasteiger partial charge in [-0.2, -0.15) is 0 Å². The Labute approximate surface area is 164 Å². The van der Waals surface area contributed by atoms with Crippen LogP contribution in [0.1, 0.15) is 20.8 Å². The summed E-state index contributed by atoms with van der Waals surface area (Å²) in [6, 6.07) is 16.5. The van der Waals surface area contributed by atoms with Gasteiger partial charge in [-0.05, 0) is 50.2 Å². The Morgan fingerprint density at radius 1 is 1.07 bits per heavy atom. The number of aromatic nitrogens is 1. The van der Waals surface area contributed by atoms with Crippen LogP contribution in [-0.2, 0) is 9.59 Å². The van der Waals surface area contributed by atoms with Crippen LogP contribution in [0.5, 0.6) is 5.75 Å². The Balaban J connectivity index is 1.75. The third-order valence-electron chi connectivity index (χ3n) is 4.09. The number of nitrogens with one attached hydrogen (secondary N) is 1. The van der Waals surface area contributed by atoms with Gasteiger partial charge in [-0.15, -0.1) is 0 Å². The normalized spacial score (nSPS) is 10.7. The first-order valence-electron chi connectivity index (χ1n) is 9.12. The van der Waals surface area contributed by atoms with Crippen LogP contribution in [0.3, 0.4) is 0 Å². The highest BCUT2D eigenvalue weighted by Crippen LogP contribution is 2.25. The van der Waals surface area contributed by atoms with Crippen LogP contribution in [0.15, 0.2) is 60.8 Å². The van der Waals surface area contributed by atoms with Crippen molar-refractivity contribution in [2.45, 2.75) is 26.9 Å². The van der Waals surface area contributed by atoms with E-state index in [1.165, 1.54) is 11.8 Å². The summed E-state index contributed by atoms with van der Waals surface area (Å²) in [5, 5.41) is 3.73. The Bertz CT molecular complexity index is 978. The van der Waals surface area contributed by atoms with E-state index in [4.69, 9.17) is 4.74 Å². The number of anilines is 2. The number of carbonyl (C=O) groups is 2. The molecule has 6 heteroatoms. The predicted octanol–water partition coefficient (Wildman–Crippen LogP) is 4.01. The highest BCUT2D eigenvalue weighted by Gasteiger charge is 2.18. The third kappa shape index (κ3) is 4.65. The molecule has 0 saturated heterocycles. The molecule has 0 aliphatic rings. The van der Waals surface area contributed by atoms with Crippen molar-refractivity contribution >= 4 is 34.1 Å². The molecule has 6 nitrogen and oxygen atoms in total. The summed E-state index contributed by atoms with van der Waals surface area (Å²) in [6.07, 6.45) is 1.75. The first-order chi connectivity index (χ1) is 13.4. The van der Waals surface area contributed by atoms with Gasteiger partial charge in [0, 0.05) is 24.2 Å². The molecule has 1 aromatic heterocycles. The molecule has 0 aliphatic carbocycles. The number of rotatable bonds is 6. The van der Waals surface area contributed by atoms with Gasteiger partial charge in [-0.3, -0.25) is 14.6 Å². The molecule has 3 rings (SSSR count). The standard InChI is InChI=1S/C22H23N3O3/c1-15(2)28-19-11-9-18(10-12-19)24-21(27)14-25(16(3)26)20-8-4-6-17-7-5-13-23-22(17)20/h4-13,15H,14H2,1-3H3,(H,24,27). The fourth-order valence-corrected chi connectivity index (χ4v) is 2.91. The lowest BCUT2D eigenvalue weighted by molar-refractivity contribution is -0.120. The number of hydrogen-bond acceptors (Lipinski definition) is 4. The Kier molecular flexibility index (Phi) is 5.89. The lowest BCUT2D eigenvalue weighted by atomic mass is 10.1. The predicted molar refractivity (Wildman–Crippen MR) is 111 cm³/mol. The summed E-state index contributed by atoms with van der Waals surface area (Å²) >= 11 is 0. The number of fused-ring (bicyclic) bond motifs is 1. The van der Waals surface area contributed by atoms with Crippen molar-refractivity contribution in [3.8, 4) is 5.75 Å². The van der Waals surface area contributed by atoms with Crippen LogP contribution >= 0.6 is 0 Å². The van der Waals surface area contributed by atoms with E-state index in [1.54, 1.807) is 36.5 Å². The van der Waals surface area contributed by atoms with Crippen molar-refractivity contribution in [1.29, 1.82) is 0 Å². The molecule has 0 spiro atoms. The smallest absolute Gasteiger partial charge is 0.244 e. The maximum atomic E-state index is 12.5. The minimum atomic E-state index is -0.291. The molecular weight excluding hydrogens is 354 g/mol. The van der Waals surface area contributed by atoms with E-state index in [9.17, 15) is 9.59 Å². The average Bonchev–Trinajstić information content (AvgIpc) is 2.67. The summed E-state index contributed by atoms with van der Waals surface area (Å²) < 4.78 is 5.60. The van der Waals surface area contributed by atoms with Gasteiger partial charge in [0.1, 0.15) is 12.3 Å². The molecule has 1 N–H and O–H groups in total. The maximum Gasteiger partial charge on any atom is 0.244 e. The van der Waals surface area contributed by atoms with Crippen molar-refractivity contribution in [3.63, 3.8) is 0 Å². The van der Waals surface area contributed by atoms with E-state index < -0.39 is 0 Å². The van der Waals surface area contributed by atoms with Crippen LogP contribution in [0.4, 0.5) is 11.4 Å². The molecular formula is C22H23N3O3. The van der Waals surface area contributed by atoms with E-state index in [2.05, 4.69) is 10.3 Å². The van der Waals surface area contributed by atoms with E-state index in [0.29, 0.717) is 16.9 Å². The number of ether oxygens (including phenoxy) is 1. The SMILES string of the molecule is CC(=O)N(CC(=O)Nc1ccc(OC(C)C)cc1)c1cccc2cccnc12. The number of pyridine rings is 1. The lowest BCUT2D eigenvalue weighted by Gasteiger charge is -2.22. The maximum absolute atomic E-state index is 12.5. The van der Waals surface area contributed by atoms with E-state index in [0.717, 1.165) is 11.1 Å². The monoisotopic (exact) mass is 377 g/mol. The van der Waals surface area contributed by atoms with E-state index in [1.807, 2.05) is 38.1 Å². The van der Waals surface area contributed by atoms with Gasteiger partial charge in [0.05, 0.1) is 17.3 Å². The molecule has 1 heterocycles. The van der Waals surface area contributed by atoms with Gasteiger partial charge in [0.25, 0.3) is 0 Å². The molecule has 28 heavy (non-hydrogen) atoms. The van der Waals surface area contributed by atoms with Gasteiger partial charge in [-0.25, -0.2) is 0 Å². The van der Waals surface area contributed by atoms with Crippen molar-refractivity contribution < 1.29 is 14.3 Å². The number of carbonyl (C=O) groups excluding carboxylic acids is 2. The molecule has 0 unspecified atom stereocenters. The number of para-hydroxylation sites is 1. The second-order valence-corrected chi connectivity index (χ2v) is 6.70. The van der Waals surface area contributed by atoms with Crippen LogP contribution in [0.25, 0.3) is 10.9 Å². The second kappa shape index (κ2) is 8.52. The molecule has 0 bridgehead atoms. The third-order valence-corrected chi connectivity index (χ3v) is 4.09. The van der Waals surface area contributed by atoms with Gasteiger partial charge in [-0.1, -0.05) is 18.2 Å². The second-order valence-electron chi connectivity index (χ2n) is 6.70. The number of amides is 2. The van der Waals surface area contributed by atoms with E-state index in [-0.39, 0.29) is 24.5 Å². The molecule has 144 valence electrons. The summed E-state index contributed by atoms with van der Waals surface area (Å²) in [5.74, 6) is 0.217. The fourth-order valence-electron chi connectivity index (χ4n) is 2.91. The van der Waals surface area contributed by atoms with Crippen molar-refractivity contribution in [2.24, 2.45) is 0 Å². The number of hydrogen-bond donors (Lipinski definition) is 1. The van der Waals surface area contributed by atoms with Gasteiger partial charge in [0.2, 0.25) is 11.8 Å². The first-order valence-corrected chi connectivity index (χ1v) is 9.12. The first kappa shape index (κ1) is 19.4.